The molecular formula is C6H13NaO5. The molecule has 0 radical (unpaired) electrons. The molecule has 0 unspecified atom stereocenters. The molecular weight excluding hydrogens is 175 g/mol. The van der Waals surface area contributed by atoms with Gasteiger partial charge in [-0.1, -0.05) is 0 Å². The minimum absolute atomic E-state index is 0. The summed E-state index contributed by atoms with van der Waals surface area (Å²) in [6, 6.07) is 0. The summed E-state index contributed by atoms with van der Waals surface area (Å²) in [4.78, 5) is 10.5. The van der Waals surface area contributed by atoms with E-state index in [1.165, 1.54) is 0 Å². The van der Waals surface area contributed by atoms with Gasteiger partial charge in [0.2, 0.25) is 0 Å². The Kier molecular flexibility index (Phi) is 14.0. The van der Waals surface area contributed by atoms with E-state index in [-0.39, 0.29) is 62.6 Å². The predicted octanol–water partition coefficient (Wildman–Crippen LogP) is -2.12. The molecule has 0 saturated heterocycles. The third kappa shape index (κ3) is 10.3. The third-order valence-corrected chi connectivity index (χ3v) is 0.810. The zero-order valence-electron chi connectivity index (χ0n) is 6.15. The Morgan fingerprint density at radius 2 is 1.75 bits per heavy atom. The van der Waals surface area contributed by atoms with Gasteiger partial charge < -0.3 is 19.7 Å². The number of aliphatic hydroxyl groups excluding tert-OH is 2. The van der Waals surface area contributed by atoms with Crippen molar-refractivity contribution < 1.29 is 24.5 Å². The summed E-state index contributed by atoms with van der Waals surface area (Å²) in [5.74, 6) is -0.535. The SMILES string of the molecule is O=C(COCCO)OCCO.[NaH]. The summed E-state index contributed by atoms with van der Waals surface area (Å²) in [6.07, 6.45) is 0. The van der Waals surface area contributed by atoms with Gasteiger partial charge in [-0.15, -0.1) is 0 Å². The van der Waals surface area contributed by atoms with Gasteiger partial charge in [0, 0.05) is 0 Å². The Morgan fingerprint density at radius 1 is 1.17 bits per heavy atom. The molecule has 0 fully saturated rings. The van der Waals surface area contributed by atoms with E-state index in [1.54, 1.807) is 0 Å². The number of hydrogen-bond donors (Lipinski definition) is 2. The van der Waals surface area contributed by atoms with Gasteiger partial charge in [-0.25, -0.2) is 4.79 Å². The Bertz CT molecular complexity index is 108. The Balaban J connectivity index is 0. The molecule has 12 heavy (non-hydrogen) atoms. The second-order valence-electron chi connectivity index (χ2n) is 1.72. The van der Waals surface area contributed by atoms with Crippen molar-refractivity contribution in [1.29, 1.82) is 0 Å². The first-order valence-electron chi connectivity index (χ1n) is 3.26. The fraction of sp³-hybridized carbons (Fsp3) is 0.833. The summed E-state index contributed by atoms with van der Waals surface area (Å²) in [5.41, 5.74) is 0. The van der Waals surface area contributed by atoms with E-state index in [1.807, 2.05) is 0 Å². The molecule has 0 aliphatic carbocycles. The van der Waals surface area contributed by atoms with Crippen LogP contribution < -0.4 is 0 Å². The van der Waals surface area contributed by atoms with E-state index in [0.717, 1.165) is 0 Å². The van der Waals surface area contributed by atoms with Crippen molar-refractivity contribution >= 4 is 35.5 Å². The van der Waals surface area contributed by atoms with Crippen LogP contribution in [0.2, 0.25) is 0 Å². The quantitative estimate of drug-likeness (QED) is 0.283. The molecule has 0 rings (SSSR count). The zero-order valence-corrected chi connectivity index (χ0v) is 6.15. The number of hydrogen-bond acceptors (Lipinski definition) is 5. The van der Waals surface area contributed by atoms with Crippen LogP contribution in [0.3, 0.4) is 0 Å². The van der Waals surface area contributed by atoms with Crippen LogP contribution >= 0.6 is 0 Å². The summed E-state index contributed by atoms with van der Waals surface area (Å²) in [5, 5.41) is 16.5. The molecule has 0 heterocycles. The molecule has 0 aromatic carbocycles. The van der Waals surface area contributed by atoms with Crippen molar-refractivity contribution in [1.82, 2.24) is 0 Å². The van der Waals surface area contributed by atoms with Crippen LogP contribution in [0.5, 0.6) is 0 Å². The van der Waals surface area contributed by atoms with Gasteiger partial charge >= 0.3 is 35.5 Å². The van der Waals surface area contributed by atoms with Crippen molar-refractivity contribution in [2.45, 2.75) is 0 Å². The molecule has 0 bridgehead atoms. The van der Waals surface area contributed by atoms with Gasteiger partial charge in [-0.05, 0) is 0 Å². The van der Waals surface area contributed by atoms with E-state index < -0.39 is 5.97 Å². The summed E-state index contributed by atoms with van der Waals surface area (Å²) in [6.45, 7) is -0.380. The van der Waals surface area contributed by atoms with Crippen molar-refractivity contribution in [2.24, 2.45) is 0 Å². The van der Waals surface area contributed by atoms with Crippen LogP contribution in [-0.4, -0.2) is 78.8 Å². The molecule has 2 N–H and O–H groups in total. The third-order valence-electron chi connectivity index (χ3n) is 0.810. The number of esters is 1. The van der Waals surface area contributed by atoms with Crippen molar-refractivity contribution in [3.8, 4) is 0 Å². The molecule has 0 amide bonds. The van der Waals surface area contributed by atoms with E-state index in [0.29, 0.717) is 0 Å². The average molecular weight is 188 g/mol. The molecule has 6 heteroatoms. The van der Waals surface area contributed by atoms with Crippen LogP contribution in [0.1, 0.15) is 0 Å². The van der Waals surface area contributed by atoms with Gasteiger partial charge in [-0.2, -0.15) is 0 Å². The van der Waals surface area contributed by atoms with Gasteiger partial charge in [0.25, 0.3) is 0 Å². The first-order valence-corrected chi connectivity index (χ1v) is 3.26. The number of carbonyl (C=O) groups excluding carboxylic acids is 1. The maximum atomic E-state index is 10.5. The van der Waals surface area contributed by atoms with Crippen LogP contribution in [0.25, 0.3) is 0 Å². The molecule has 0 atom stereocenters. The predicted molar refractivity (Wildman–Crippen MR) is 43.1 cm³/mol. The van der Waals surface area contributed by atoms with Crippen LogP contribution in [0.4, 0.5) is 0 Å². The fourth-order valence-corrected chi connectivity index (χ4v) is 0.421. The van der Waals surface area contributed by atoms with E-state index in [9.17, 15) is 4.79 Å². The average Bonchev–Trinajstić information content (AvgIpc) is 2.01. The molecule has 0 aromatic heterocycles. The Labute approximate surface area is 93.0 Å². The van der Waals surface area contributed by atoms with Crippen molar-refractivity contribution in [2.75, 3.05) is 33.0 Å². The van der Waals surface area contributed by atoms with E-state index >= 15 is 0 Å². The molecule has 0 spiro atoms. The normalized spacial score (nSPS) is 8.83. The molecule has 0 aliphatic rings. The molecule has 0 saturated carbocycles. The van der Waals surface area contributed by atoms with Crippen molar-refractivity contribution in [3.63, 3.8) is 0 Å². The Hall–Kier alpha value is 0.350. The maximum absolute atomic E-state index is 10.5. The standard InChI is InChI=1S/C6H12O5.Na.H/c7-1-3-10-5-6(9)11-4-2-8;;/h7-8H,1-5H2;;. The first kappa shape index (κ1) is 14.9. The summed E-state index contributed by atoms with van der Waals surface area (Å²) >= 11 is 0. The van der Waals surface area contributed by atoms with Gasteiger partial charge in [0.1, 0.15) is 13.2 Å². The fourth-order valence-electron chi connectivity index (χ4n) is 0.421. The zero-order chi connectivity index (χ0) is 8.53. The number of carbonyl (C=O) groups is 1. The molecule has 0 aliphatic heterocycles. The molecule has 0 aromatic rings. The monoisotopic (exact) mass is 188 g/mol. The summed E-state index contributed by atoms with van der Waals surface area (Å²) < 4.78 is 9.08. The molecule has 5 nitrogen and oxygen atoms in total. The first-order chi connectivity index (χ1) is 5.31. The summed E-state index contributed by atoms with van der Waals surface area (Å²) in [7, 11) is 0. The molecule has 68 valence electrons. The van der Waals surface area contributed by atoms with Gasteiger partial charge in [-0.3, -0.25) is 0 Å². The second kappa shape index (κ2) is 11.4. The van der Waals surface area contributed by atoms with Crippen LogP contribution in [0, 0.1) is 0 Å². The van der Waals surface area contributed by atoms with Gasteiger partial charge in [0.15, 0.2) is 0 Å². The van der Waals surface area contributed by atoms with E-state index in [2.05, 4.69) is 9.47 Å². The van der Waals surface area contributed by atoms with Crippen molar-refractivity contribution in [3.05, 3.63) is 0 Å². The number of aliphatic hydroxyl groups is 2. The van der Waals surface area contributed by atoms with Crippen LogP contribution in [-0.2, 0) is 14.3 Å². The van der Waals surface area contributed by atoms with E-state index in [4.69, 9.17) is 10.2 Å². The number of rotatable bonds is 6. The van der Waals surface area contributed by atoms with Gasteiger partial charge in [0.05, 0.1) is 19.8 Å². The Morgan fingerprint density at radius 3 is 2.25 bits per heavy atom. The minimum atomic E-state index is -0.535. The topological polar surface area (TPSA) is 76.0 Å². The second-order valence-corrected chi connectivity index (χ2v) is 1.72. The van der Waals surface area contributed by atoms with Crippen LogP contribution in [0.15, 0.2) is 0 Å². The number of ether oxygens (including phenoxy) is 2.